The topological polar surface area (TPSA) is 131 Å². The van der Waals surface area contributed by atoms with Crippen molar-refractivity contribution in [1.82, 2.24) is 10.2 Å². The average Bonchev–Trinajstić information content (AvgIpc) is 3.34. The van der Waals surface area contributed by atoms with Gasteiger partial charge < -0.3 is 14.6 Å². The van der Waals surface area contributed by atoms with E-state index in [1.807, 2.05) is 6.07 Å². The van der Waals surface area contributed by atoms with Gasteiger partial charge in [0.25, 0.3) is 10.0 Å². The number of benzene rings is 3. The molecule has 0 bridgehead atoms. The molecule has 0 saturated carbocycles. The minimum Gasteiger partial charge on any atom is -0.493 e. The molecule has 4 aromatic rings. The summed E-state index contributed by atoms with van der Waals surface area (Å²) in [6.45, 7) is 2.06. The van der Waals surface area contributed by atoms with E-state index in [2.05, 4.69) is 21.8 Å². The van der Waals surface area contributed by atoms with Gasteiger partial charge in [-0.1, -0.05) is 42.6 Å². The van der Waals surface area contributed by atoms with Crippen LogP contribution in [0.1, 0.15) is 24.6 Å². The second-order valence-corrected chi connectivity index (χ2v) is 11.1. The van der Waals surface area contributed by atoms with Crippen LogP contribution in [0.5, 0.6) is 17.2 Å². The maximum absolute atomic E-state index is 13.3. The van der Waals surface area contributed by atoms with E-state index in [1.54, 1.807) is 36.4 Å². The lowest BCUT2D eigenvalue weighted by Crippen LogP contribution is -2.14. The number of hydrogen-bond donors (Lipinski definition) is 3. The fourth-order valence-corrected chi connectivity index (χ4v) is 5.69. The van der Waals surface area contributed by atoms with Crippen molar-refractivity contribution in [1.29, 1.82) is 0 Å². The Kier molecular flexibility index (Phi) is 8.69. The van der Waals surface area contributed by atoms with Crippen molar-refractivity contribution in [3.05, 3.63) is 82.0 Å². The van der Waals surface area contributed by atoms with Crippen LogP contribution in [-0.4, -0.2) is 36.8 Å². The number of carboxylic acids is 1. The first-order chi connectivity index (χ1) is 18.6. The summed E-state index contributed by atoms with van der Waals surface area (Å²) >= 11 is 12.1. The minimum atomic E-state index is -4.16. The van der Waals surface area contributed by atoms with Crippen molar-refractivity contribution in [2.24, 2.45) is 0 Å². The van der Waals surface area contributed by atoms with E-state index in [9.17, 15) is 13.2 Å². The van der Waals surface area contributed by atoms with Gasteiger partial charge in [-0.25, -0.2) is 8.42 Å². The summed E-state index contributed by atoms with van der Waals surface area (Å²) in [6.07, 6.45) is 1.57. The summed E-state index contributed by atoms with van der Waals surface area (Å²) in [5, 5.41) is 16.7. The quantitative estimate of drug-likeness (QED) is 0.180. The first-order valence-corrected chi connectivity index (χ1v) is 14.1. The van der Waals surface area contributed by atoms with E-state index >= 15 is 0 Å². The minimum absolute atomic E-state index is 0.0409. The summed E-state index contributed by atoms with van der Waals surface area (Å²) in [4.78, 5) is 10.9. The van der Waals surface area contributed by atoms with Gasteiger partial charge in [-0.3, -0.25) is 14.6 Å². The second kappa shape index (κ2) is 12.0. The predicted molar refractivity (Wildman–Crippen MR) is 150 cm³/mol. The number of ether oxygens (including phenoxy) is 2. The largest absolute Gasteiger partial charge is 0.493 e. The standard InChI is InChI=1S/C27H25Cl2N3O6S/c1-3-4-19-15-21(31-30-19)17-6-9-23(38-24-8-5-16(12-27(33)34)11-25(24)37-2)22(13-17)32-39(35,36)26-10-7-18(28)14-20(26)29/h5-11,13-15,32H,3-4,12H2,1-2H3,(H,30,31)(H,33,34). The van der Waals surface area contributed by atoms with Gasteiger partial charge in [-0.2, -0.15) is 5.10 Å². The molecule has 204 valence electrons. The number of carboxylic acid groups (broad SMARTS) is 1. The average molecular weight is 590 g/mol. The molecule has 1 aromatic heterocycles. The molecule has 3 N–H and O–H groups in total. The number of H-pyrrole nitrogens is 1. The molecule has 0 aliphatic heterocycles. The van der Waals surface area contributed by atoms with Crippen LogP contribution in [-0.2, 0) is 27.7 Å². The van der Waals surface area contributed by atoms with Gasteiger partial charge in [0.05, 0.1) is 29.9 Å². The van der Waals surface area contributed by atoms with Crippen LogP contribution in [0.4, 0.5) is 5.69 Å². The fourth-order valence-electron chi connectivity index (χ4n) is 3.86. The van der Waals surface area contributed by atoms with Crippen molar-refractivity contribution in [3.63, 3.8) is 0 Å². The van der Waals surface area contributed by atoms with Crippen LogP contribution in [0.15, 0.2) is 65.6 Å². The molecule has 4 rings (SSSR count). The molecule has 0 aliphatic carbocycles. The number of nitrogens with one attached hydrogen (secondary N) is 2. The number of halogens is 2. The highest BCUT2D eigenvalue weighted by Crippen LogP contribution is 2.39. The number of carbonyl (C=O) groups is 1. The molecule has 3 aromatic carbocycles. The Morgan fingerprint density at radius 2 is 1.79 bits per heavy atom. The number of sulfonamides is 1. The number of rotatable bonds is 11. The maximum Gasteiger partial charge on any atom is 0.307 e. The SMILES string of the molecule is CCCc1cc(-c2ccc(Oc3ccc(CC(=O)O)cc3OC)c(NS(=O)(=O)c3ccc(Cl)cc3Cl)c2)n[nH]1. The maximum atomic E-state index is 13.3. The molecule has 0 saturated heterocycles. The monoisotopic (exact) mass is 589 g/mol. The van der Waals surface area contributed by atoms with Crippen molar-refractivity contribution >= 4 is 44.9 Å². The number of nitrogens with zero attached hydrogens (tertiary/aromatic N) is 1. The Balaban J connectivity index is 1.76. The molecule has 0 aliphatic rings. The number of aryl methyl sites for hydroxylation is 1. The molecule has 9 nitrogen and oxygen atoms in total. The zero-order valence-corrected chi connectivity index (χ0v) is 23.3. The number of methoxy groups -OCH3 is 1. The second-order valence-electron chi connectivity index (χ2n) is 8.58. The molecular formula is C27H25Cl2N3O6S. The zero-order valence-electron chi connectivity index (χ0n) is 21.0. The van der Waals surface area contributed by atoms with Crippen LogP contribution >= 0.6 is 23.2 Å². The van der Waals surface area contributed by atoms with Crippen LogP contribution in [0.25, 0.3) is 11.3 Å². The summed E-state index contributed by atoms with van der Waals surface area (Å²) in [5.74, 6) is -0.279. The van der Waals surface area contributed by atoms with E-state index < -0.39 is 16.0 Å². The highest BCUT2D eigenvalue weighted by atomic mass is 35.5. The summed E-state index contributed by atoms with van der Waals surface area (Å²) < 4.78 is 40.7. The molecule has 0 radical (unpaired) electrons. The summed E-state index contributed by atoms with van der Waals surface area (Å²) in [7, 11) is -2.74. The van der Waals surface area contributed by atoms with Crippen LogP contribution in [0.2, 0.25) is 10.0 Å². The third kappa shape index (κ3) is 6.83. The van der Waals surface area contributed by atoms with E-state index in [0.29, 0.717) is 21.8 Å². The molecule has 1 heterocycles. The van der Waals surface area contributed by atoms with Crippen molar-refractivity contribution in [3.8, 4) is 28.5 Å². The van der Waals surface area contributed by atoms with Gasteiger partial charge in [0, 0.05) is 16.3 Å². The Hall–Kier alpha value is -3.73. The summed E-state index contributed by atoms with van der Waals surface area (Å²) in [5.41, 5.74) is 2.86. The van der Waals surface area contributed by atoms with E-state index in [1.165, 1.54) is 25.3 Å². The van der Waals surface area contributed by atoms with Gasteiger partial charge in [-0.05, 0) is 66.6 Å². The smallest absolute Gasteiger partial charge is 0.307 e. The Morgan fingerprint density at radius 3 is 2.49 bits per heavy atom. The summed E-state index contributed by atoms with van der Waals surface area (Å²) in [6, 6.07) is 15.6. The number of aromatic nitrogens is 2. The molecule has 39 heavy (non-hydrogen) atoms. The lowest BCUT2D eigenvalue weighted by molar-refractivity contribution is -0.136. The number of anilines is 1. The van der Waals surface area contributed by atoms with Crippen molar-refractivity contribution < 1.29 is 27.8 Å². The molecule has 0 atom stereocenters. The molecule has 0 unspecified atom stereocenters. The van der Waals surface area contributed by atoms with Crippen molar-refractivity contribution in [2.75, 3.05) is 11.8 Å². The molecule has 12 heteroatoms. The molecule has 0 spiro atoms. The predicted octanol–water partition coefficient (Wildman–Crippen LogP) is 6.56. The molecular weight excluding hydrogens is 565 g/mol. The van der Waals surface area contributed by atoms with Crippen LogP contribution in [0, 0.1) is 0 Å². The van der Waals surface area contributed by atoms with E-state index in [4.69, 9.17) is 37.8 Å². The molecule has 0 fully saturated rings. The van der Waals surface area contributed by atoms with Crippen LogP contribution in [0.3, 0.4) is 0 Å². The number of aromatic amines is 1. The van der Waals surface area contributed by atoms with Crippen molar-refractivity contribution in [2.45, 2.75) is 31.1 Å². The lowest BCUT2D eigenvalue weighted by Gasteiger charge is -2.17. The Labute approximate surface area is 235 Å². The first-order valence-electron chi connectivity index (χ1n) is 11.8. The van der Waals surface area contributed by atoms with Gasteiger partial charge in [0.2, 0.25) is 0 Å². The normalized spacial score (nSPS) is 11.3. The Bertz CT molecular complexity index is 1620. The fraction of sp³-hybridized carbons (Fsp3) is 0.185. The van der Waals surface area contributed by atoms with Crippen LogP contribution < -0.4 is 14.2 Å². The van der Waals surface area contributed by atoms with E-state index in [0.717, 1.165) is 18.5 Å². The van der Waals surface area contributed by atoms with Gasteiger partial charge in [0.15, 0.2) is 17.2 Å². The lowest BCUT2D eigenvalue weighted by atomic mass is 10.1. The van der Waals surface area contributed by atoms with Gasteiger partial charge in [0.1, 0.15) is 4.90 Å². The van der Waals surface area contributed by atoms with E-state index in [-0.39, 0.29) is 39.3 Å². The number of hydrogen-bond acceptors (Lipinski definition) is 6. The first kappa shape index (κ1) is 28.3. The van der Waals surface area contributed by atoms with Gasteiger partial charge >= 0.3 is 5.97 Å². The van der Waals surface area contributed by atoms with Gasteiger partial charge in [-0.15, -0.1) is 0 Å². The zero-order chi connectivity index (χ0) is 28.2. The Morgan fingerprint density at radius 1 is 1.03 bits per heavy atom. The third-order valence-electron chi connectivity index (χ3n) is 5.66. The molecule has 0 amide bonds. The highest BCUT2D eigenvalue weighted by molar-refractivity contribution is 7.92. The highest BCUT2D eigenvalue weighted by Gasteiger charge is 2.22. The third-order valence-corrected chi connectivity index (χ3v) is 7.74. The number of aliphatic carboxylic acids is 1.